The van der Waals surface area contributed by atoms with E-state index in [2.05, 4.69) is 24.7 Å². The van der Waals surface area contributed by atoms with E-state index in [-0.39, 0.29) is 5.69 Å². The van der Waals surface area contributed by atoms with E-state index >= 15 is 0 Å². The molecule has 0 aliphatic rings. The third-order valence-corrected chi connectivity index (χ3v) is 3.21. The number of hydrogen-bond donors (Lipinski definition) is 2. The first-order chi connectivity index (χ1) is 10.9. The van der Waals surface area contributed by atoms with Crippen LogP contribution in [0.4, 0.5) is 18.9 Å². The average molecular weight is 322 g/mol. The molecule has 0 heterocycles. The summed E-state index contributed by atoms with van der Waals surface area (Å²) >= 11 is 0. The maximum absolute atomic E-state index is 13.5. The van der Waals surface area contributed by atoms with Crippen LogP contribution in [-0.2, 0) is 6.42 Å². The Hall–Kier alpha value is -2.50. The van der Waals surface area contributed by atoms with Gasteiger partial charge < -0.3 is 0 Å². The Morgan fingerprint density at radius 3 is 2.26 bits per heavy atom. The lowest BCUT2D eigenvalue weighted by molar-refractivity contribution is 0.0962. The van der Waals surface area contributed by atoms with E-state index in [4.69, 9.17) is 0 Å². The number of hydrogen-bond acceptors (Lipinski definition) is 2. The highest BCUT2D eigenvalue weighted by molar-refractivity contribution is 5.94. The Kier molecular flexibility index (Phi) is 5.26. The highest BCUT2D eigenvalue weighted by atomic mass is 19.2. The molecule has 0 saturated heterocycles. The van der Waals surface area contributed by atoms with Gasteiger partial charge in [0.25, 0.3) is 5.91 Å². The van der Waals surface area contributed by atoms with Gasteiger partial charge in [0.05, 0.1) is 5.69 Å². The van der Waals surface area contributed by atoms with Gasteiger partial charge in [0.2, 0.25) is 0 Å². The minimum Gasteiger partial charge on any atom is -0.295 e. The number of carbonyl (C=O) groups excluding carboxylic acids is 1. The smallest absolute Gasteiger partial charge is 0.269 e. The lowest BCUT2D eigenvalue weighted by Gasteiger charge is -2.10. The van der Waals surface area contributed by atoms with Gasteiger partial charge >= 0.3 is 0 Å². The second-order valence-corrected chi connectivity index (χ2v) is 5.60. The van der Waals surface area contributed by atoms with Crippen molar-refractivity contribution >= 4 is 11.6 Å². The first-order valence-electron chi connectivity index (χ1n) is 7.17. The zero-order chi connectivity index (χ0) is 17.0. The minimum absolute atomic E-state index is 0.353. The van der Waals surface area contributed by atoms with Crippen molar-refractivity contribution in [2.45, 2.75) is 20.3 Å². The summed E-state index contributed by atoms with van der Waals surface area (Å²) in [5.74, 6) is -4.28. The van der Waals surface area contributed by atoms with Crippen molar-refractivity contribution in [1.82, 2.24) is 5.43 Å². The molecule has 0 atom stereocenters. The van der Waals surface area contributed by atoms with Crippen LogP contribution in [-0.4, -0.2) is 5.91 Å². The lowest BCUT2D eigenvalue weighted by atomic mass is 10.0. The third-order valence-electron chi connectivity index (χ3n) is 3.21. The van der Waals surface area contributed by atoms with E-state index < -0.39 is 23.4 Å². The Morgan fingerprint density at radius 1 is 1.00 bits per heavy atom. The van der Waals surface area contributed by atoms with E-state index in [9.17, 15) is 18.0 Å². The van der Waals surface area contributed by atoms with Gasteiger partial charge in [0.1, 0.15) is 0 Å². The van der Waals surface area contributed by atoms with Gasteiger partial charge in [-0.25, -0.2) is 13.2 Å². The quantitative estimate of drug-likeness (QED) is 0.644. The van der Waals surface area contributed by atoms with Crippen molar-refractivity contribution in [2.75, 3.05) is 5.43 Å². The zero-order valence-corrected chi connectivity index (χ0v) is 12.8. The van der Waals surface area contributed by atoms with Crippen LogP contribution < -0.4 is 10.9 Å². The maximum atomic E-state index is 13.5. The van der Waals surface area contributed by atoms with Crippen molar-refractivity contribution in [2.24, 2.45) is 5.92 Å². The fraction of sp³-hybridized carbons (Fsp3) is 0.235. The number of amides is 1. The molecule has 3 nitrogen and oxygen atoms in total. The van der Waals surface area contributed by atoms with Gasteiger partial charge in [-0.3, -0.25) is 15.6 Å². The lowest BCUT2D eigenvalue weighted by Crippen LogP contribution is -2.30. The molecule has 2 aromatic rings. The van der Waals surface area contributed by atoms with E-state index in [1.165, 1.54) is 0 Å². The Bertz CT molecular complexity index is 700. The van der Waals surface area contributed by atoms with Crippen LogP contribution in [0.15, 0.2) is 36.4 Å². The molecular weight excluding hydrogens is 305 g/mol. The summed E-state index contributed by atoms with van der Waals surface area (Å²) in [4.78, 5) is 12.0. The molecule has 0 saturated carbocycles. The van der Waals surface area contributed by atoms with Crippen LogP contribution in [0.25, 0.3) is 0 Å². The van der Waals surface area contributed by atoms with Crippen molar-refractivity contribution in [1.29, 1.82) is 0 Å². The summed E-state index contributed by atoms with van der Waals surface area (Å²) in [6.45, 7) is 4.20. The van der Waals surface area contributed by atoms with Crippen molar-refractivity contribution in [3.8, 4) is 0 Å². The van der Waals surface area contributed by atoms with Crippen LogP contribution in [0.5, 0.6) is 0 Å². The molecule has 0 unspecified atom stereocenters. The van der Waals surface area contributed by atoms with Crippen LogP contribution in [0.1, 0.15) is 29.8 Å². The second-order valence-electron chi connectivity index (χ2n) is 5.60. The van der Waals surface area contributed by atoms with Crippen LogP contribution in [0, 0.1) is 23.4 Å². The molecule has 122 valence electrons. The van der Waals surface area contributed by atoms with Crippen molar-refractivity contribution < 1.29 is 18.0 Å². The first-order valence-corrected chi connectivity index (χ1v) is 7.17. The van der Waals surface area contributed by atoms with Gasteiger partial charge in [-0.2, -0.15) is 0 Å². The largest absolute Gasteiger partial charge is 0.295 e. The summed E-state index contributed by atoms with van der Waals surface area (Å²) in [5.41, 5.74) is 5.61. The van der Waals surface area contributed by atoms with Crippen LogP contribution >= 0.6 is 0 Å². The average Bonchev–Trinajstić information content (AvgIpc) is 2.52. The first kappa shape index (κ1) is 16.9. The highest BCUT2D eigenvalue weighted by Crippen LogP contribution is 2.19. The van der Waals surface area contributed by atoms with Gasteiger partial charge in [0, 0.05) is 5.56 Å². The molecule has 0 fully saturated rings. The van der Waals surface area contributed by atoms with Crippen LogP contribution in [0.3, 0.4) is 0 Å². The summed E-state index contributed by atoms with van der Waals surface area (Å²) in [6, 6.07) is 8.75. The molecule has 23 heavy (non-hydrogen) atoms. The van der Waals surface area contributed by atoms with E-state index in [0.29, 0.717) is 11.5 Å². The molecule has 0 aliphatic heterocycles. The molecule has 1 amide bonds. The Morgan fingerprint density at radius 2 is 1.65 bits per heavy atom. The van der Waals surface area contributed by atoms with Gasteiger partial charge in [-0.15, -0.1) is 0 Å². The summed E-state index contributed by atoms with van der Waals surface area (Å²) < 4.78 is 39.4. The molecule has 0 radical (unpaired) electrons. The predicted octanol–water partition coefficient (Wildman–Crippen LogP) is 4.06. The molecule has 0 bridgehead atoms. The van der Waals surface area contributed by atoms with Gasteiger partial charge in [0.15, 0.2) is 17.5 Å². The molecule has 6 heteroatoms. The molecule has 2 N–H and O–H groups in total. The number of halogens is 3. The molecule has 0 aliphatic carbocycles. The maximum Gasteiger partial charge on any atom is 0.269 e. The fourth-order valence-electron chi connectivity index (χ4n) is 2.08. The summed E-state index contributed by atoms with van der Waals surface area (Å²) in [5, 5.41) is 0. The van der Waals surface area contributed by atoms with E-state index in [0.717, 1.165) is 24.1 Å². The fourth-order valence-corrected chi connectivity index (χ4v) is 2.08. The molecule has 0 spiro atoms. The summed E-state index contributed by atoms with van der Waals surface area (Å²) in [7, 11) is 0. The van der Waals surface area contributed by atoms with E-state index in [1.54, 1.807) is 12.1 Å². The SMILES string of the molecule is CC(C)Cc1ccc(C(=O)NNc2ccc(F)c(F)c2F)cc1. The number of rotatable bonds is 5. The number of benzene rings is 2. The molecular formula is C17H17F3N2O. The van der Waals surface area contributed by atoms with Crippen molar-refractivity contribution in [3.05, 3.63) is 65.0 Å². The van der Waals surface area contributed by atoms with Gasteiger partial charge in [-0.05, 0) is 42.2 Å². The second kappa shape index (κ2) is 7.17. The number of hydrazine groups is 1. The van der Waals surface area contributed by atoms with Crippen LogP contribution in [0.2, 0.25) is 0 Å². The summed E-state index contributed by atoms with van der Waals surface area (Å²) in [6.07, 6.45) is 0.903. The standard InChI is InChI=1S/C17H17F3N2O/c1-10(2)9-11-3-5-12(6-4-11)17(23)22-21-14-8-7-13(18)15(19)16(14)20/h3-8,10,21H,9H2,1-2H3,(H,22,23). The molecule has 2 rings (SSSR count). The zero-order valence-electron chi connectivity index (χ0n) is 12.8. The number of anilines is 1. The molecule has 2 aromatic carbocycles. The monoisotopic (exact) mass is 322 g/mol. The highest BCUT2D eigenvalue weighted by Gasteiger charge is 2.14. The van der Waals surface area contributed by atoms with Gasteiger partial charge in [-0.1, -0.05) is 26.0 Å². The Balaban J connectivity index is 2.01. The minimum atomic E-state index is -1.60. The topological polar surface area (TPSA) is 41.1 Å². The van der Waals surface area contributed by atoms with E-state index in [1.807, 2.05) is 12.1 Å². The number of nitrogens with one attached hydrogen (secondary N) is 2. The number of carbonyl (C=O) groups is 1. The molecule has 0 aromatic heterocycles. The third kappa shape index (κ3) is 4.25. The normalized spacial score (nSPS) is 10.7. The van der Waals surface area contributed by atoms with Crippen molar-refractivity contribution in [3.63, 3.8) is 0 Å². The predicted molar refractivity (Wildman–Crippen MR) is 82.4 cm³/mol. The Labute approximate surface area is 132 Å².